The molecule has 1 aliphatic heterocycles. The Bertz CT molecular complexity index is 1080. The molecule has 1 amide bonds. The first-order valence-corrected chi connectivity index (χ1v) is 11.5. The summed E-state index contributed by atoms with van der Waals surface area (Å²) >= 11 is 4.97. The average molecular weight is 505 g/mol. The van der Waals surface area contributed by atoms with Crippen molar-refractivity contribution in [1.29, 1.82) is 0 Å². The van der Waals surface area contributed by atoms with Crippen LogP contribution in [-0.4, -0.2) is 60.1 Å². The highest BCUT2D eigenvalue weighted by molar-refractivity contribution is 9.10. The van der Waals surface area contributed by atoms with Crippen molar-refractivity contribution in [3.8, 4) is 0 Å². The number of hydrogen-bond donors (Lipinski definition) is 0. The second-order valence-electron chi connectivity index (χ2n) is 7.21. The Hall–Kier alpha value is -2.40. The van der Waals surface area contributed by atoms with E-state index in [1.54, 1.807) is 17.0 Å². The van der Waals surface area contributed by atoms with Gasteiger partial charge >= 0.3 is 0 Å². The second kappa shape index (κ2) is 9.82. The summed E-state index contributed by atoms with van der Waals surface area (Å²) < 4.78 is 7.38. The number of non-ortho nitro benzene ring substituents is 1. The van der Waals surface area contributed by atoms with E-state index < -0.39 is 4.92 Å². The highest BCUT2D eigenvalue weighted by Crippen LogP contribution is 2.31. The van der Waals surface area contributed by atoms with Crippen molar-refractivity contribution in [3.63, 3.8) is 0 Å². The second-order valence-corrected chi connectivity index (χ2v) is 9.13. The van der Waals surface area contributed by atoms with E-state index in [9.17, 15) is 14.9 Å². The van der Waals surface area contributed by atoms with Crippen LogP contribution in [0.4, 0.5) is 10.8 Å². The first-order chi connectivity index (χ1) is 15.0. The van der Waals surface area contributed by atoms with E-state index in [1.807, 2.05) is 18.2 Å². The first-order valence-electron chi connectivity index (χ1n) is 9.89. The Balaban J connectivity index is 1.55. The Morgan fingerprint density at radius 1 is 1.23 bits per heavy atom. The van der Waals surface area contributed by atoms with Crippen LogP contribution in [0.25, 0.3) is 10.2 Å². The average Bonchev–Trinajstić information content (AvgIpc) is 3.17. The molecule has 0 atom stereocenters. The Kier molecular flexibility index (Phi) is 6.91. The number of aromatic nitrogens is 1. The minimum atomic E-state index is -0.445. The van der Waals surface area contributed by atoms with Crippen molar-refractivity contribution in [3.05, 3.63) is 62.6 Å². The molecular weight excluding hydrogens is 484 g/mol. The maximum absolute atomic E-state index is 13.3. The van der Waals surface area contributed by atoms with Gasteiger partial charge in [0.25, 0.3) is 5.69 Å². The van der Waals surface area contributed by atoms with Crippen LogP contribution in [0, 0.1) is 10.1 Å². The van der Waals surface area contributed by atoms with Crippen molar-refractivity contribution in [2.45, 2.75) is 6.42 Å². The Labute approximate surface area is 191 Å². The third-order valence-corrected chi connectivity index (χ3v) is 6.65. The molecule has 2 heterocycles. The van der Waals surface area contributed by atoms with E-state index in [1.165, 1.54) is 23.5 Å². The zero-order valence-corrected chi connectivity index (χ0v) is 19.1. The zero-order valence-electron chi connectivity index (χ0n) is 16.7. The van der Waals surface area contributed by atoms with Gasteiger partial charge in [-0.3, -0.25) is 24.7 Å². The topological polar surface area (TPSA) is 88.8 Å². The van der Waals surface area contributed by atoms with Crippen LogP contribution in [0.2, 0.25) is 0 Å². The number of carbonyl (C=O) groups excluding carboxylic acids is 1. The lowest BCUT2D eigenvalue weighted by molar-refractivity contribution is -0.384. The Morgan fingerprint density at radius 2 is 1.97 bits per heavy atom. The van der Waals surface area contributed by atoms with E-state index in [0.717, 1.165) is 39.9 Å². The summed E-state index contributed by atoms with van der Waals surface area (Å²) in [6.07, 6.45) is 0.153. The number of benzene rings is 2. The standard InChI is InChI=1S/C21H21BrN4O4S/c22-16-3-6-18-19(14-16)31-21(23-18)25(8-7-24-9-11-30-12-10-24)20(27)13-15-1-4-17(5-2-15)26(28)29/h1-6,14H,7-13H2. The molecule has 31 heavy (non-hydrogen) atoms. The highest BCUT2D eigenvalue weighted by atomic mass is 79.9. The quantitative estimate of drug-likeness (QED) is 0.358. The monoisotopic (exact) mass is 504 g/mol. The molecule has 1 aliphatic rings. The van der Waals surface area contributed by atoms with Gasteiger partial charge in [0.05, 0.1) is 34.8 Å². The minimum Gasteiger partial charge on any atom is -0.379 e. The van der Waals surface area contributed by atoms with Gasteiger partial charge < -0.3 is 4.74 Å². The fourth-order valence-corrected chi connectivity index (χ4v) is 4.96. The molecule has 8 nitrogen and oxygen atoms in total. The lowest BCUT2D eigenvalue weighted by Gasteiger charge is -2.29. The molecule has 0 bridgehead atoms. The number of amides is 1. The van der Waals surface area contributed by atoms with Crippen LogP contribution in [0.1, 0.15) is 5.56 Å². The Morgan fingerprint density at radius 3 is 2.68 bits per heavy atom. The maximum Gasteiger partial charge on any atom is 0.269 e. The molecule has 0 radical (unpaired) electrons. The summed E-state index contributed by atoms with van der Waals surface area (Å²) in [5.74, 6) is -0.0831. The maximum atomic E-state index is 13.3. The van der Waals surface area contributed by atoms with E-state index in [0.29, 0.717) is 24.9 Å². The summed E-state index contributed by atoms with van der Waals surface area (Å²) in [4.78, 5) is 32.4. The molecule has 1 saturated heterocycles. The summed E-state index contributed by atoms with van der Waals surface area (Å²) in [5, 5.41) is 11.5. The SMILES string of the molecule is O=C(Cc1ccc([N+](=O)[O-])cc1)N(CCN1CCOCC1)c1nc2ccc(Br)cc2s1. The summed E-state index contributed by atoms with van der Waals surface area (Å²) in [5.41, 5.74) is 1.59. The van der Waals surface area contributed by atoms with Gasteiger partial charge in [0, 0.05) is 42.8 Å². The molecular formula is C21H21BrN4O4S. The summed E-state index contributed by atoms with van der Waals surface area (Å²) in [7, 11) is 0. The van der Waals surface area contributed by atoms with Crippen molar-refractivity contribution >= 4 is 54.2 Å². The summed E-state index contributed by atoms with van der Waals surface area (Å²) in [6, 6.07) is 12.0. The fourth-order valence-electron chi connectivity index (χ4n) is 3.40. The van der Waals surface area contributed by atoms with Gasteiger partial charge in [0.1, 0.15) is 0 Å². The normalized spacial score (nSPS) is 14.6. The van der Waals surface area contributed by atoms with Crippen molar-refractivity contribution in [2.75, 3.05) is 44.3 Å². The van der Waals surface area contributed by atoms with Crippen molar-refractivity contribution < 1.29 is 14.5 Å². The molecule has 3 aromatic rings. The van der Waals surface area contributed by atoms with Gasteiger partial charge in [-0.2, -0.15) is 0 Å². The van der Waals surface area contributed by atoms with Crippen LogP contribution in [0.5, 0.6) is 0 Å². The number of hydrogen-bond acceptors (Lipinski definition) is 7. The predicted molar refractivity (Wildman–Crippen MR) is 124 cm³/mol. The molecule has 0 N–H and O–H groups in total. The van der Waals surface area contributed by atoms with E-state index in [-0.39, 0.29) is 18.0 Å². The lowest BCUT2D eigenvalue weighted by atomic mass is 10.1. The first kappa shape index (κ1) is 21.8. The van der Waals surface area contributed by atoms with Gasteiger partial charge in [-0.15, -0.1) is 0 Å². The third kappa shape index (κ3) is 5.45. The van der Waals surface area contributed by atoms with Gasteiger partial charge in [-0.25, -0.2) is 4.98 Å². The number of nitrogens with zero attached hydrogens (tertiary/aromatic N) is 4. The minimum absolute atomic E-state index is 0.0112. The largest absolute Gasteiger partial charge is 0.379 e. The molecule has 0 saturated carbocycles. The molecule has 4 rings (SSSR count). The molecule has 0 spiro atoms. The number of fused-ring (bicyclic) bond motifs is 1. The van der Waals surface area contributed by atoms with Crippen LogP contribution in [-0.2, 0) is 16.0 Å². The number of halogens is 1. The van der Waals surface area contributed by atoms with Gasteiger partial charge in [0.15, 0.2) is 5.13 Å². The van der Waals surface area contributed by atoms with Crippen LogP contribution >= 0.6 is 27.3 Å². The molecule has 1 aromatic heterocycles. The zero-order chi connectivity index (χ0) is 21.8. The number of morpholine rings is 1. The van der Waals surface area contributed by atoms with Crippen LogP contribution in [0.15, 0.2) is 46.9 Å². The van der Waals surface area contributed by atoms with E-state index >= 15 is 0 Å². The van der Waals surface area contributed by atoms with Gasteiger partial charge in [-0.05, 0) is 23.8 Å². The van der Waals surface area contributed by atoms with Crippen molar-refractivity contribution in [2.24, 2.45) is 0 Å². The number of anilines is 1. The summed E-state index contributed by atoms with van der Waals surface area (Å²) in [6.45, 7) is 4.34. The molecule has 10 heteroatoms. The van der Waals surface area contributed by atoms with E-state index in [2.05, 4.69) is 25.8 Å². The number of carbonyl (C=O) groups is 1. The molecule has 162 valence electrons. The number of rotatable bonds is 7. The molecule has 1 fully saturated rings. The van der Waals surface area contributed by atoms with Gasteiger partial charge in [0.2, 0.25) is 5.91 Å². The molecule has 0 aliphatic carbocycles. The molecule has 0 unspecified atom stereocenters. The highest BCUT2D eigenvalue weighted by Gasteiger charge is 2.22. The predicted octanol–water partition coefficient (Wildman–Crippen LogP) is 3.87. The van der Waals surface area contributed by atoms with Crippen molar-refractivity contribution in [1.82, 2.24) is 9.88 Å². The van der Waals surface area contributed by atoms with Crippen LogP contribution < -0.4 is 4.90 Å². The third-order valence-electron chi connectivity index (χ3n) is 5.12. The lowest BCUT2D eigenvalue weighted by Crippen LogP contribution is -2.43. The number of nitro benzene ring substituents is 1. The fraction of sp³-hybridized carbons (Fsp3) is 0.333. The van der Waals surface area contributed by atoms with Crippen LogP contribution in [0.3, 0.4) is 0 Å². The smallest absolute Gasteiger partial charge is 0.269 e. The molecule has 2 aromatic carbocycles. The number of ether oxygens (including phenoxy) is 1. The van der Waals surface area contributed by atoms with Gasteiger partial charge in [-0.1, -0.05) is 39.4 Å². The number of thiazole rings is 1. The van der Waals surface area contributed by atoms with E-state index in [4.69, 9.17) is 4.74 Å². The number of nitro groups is 1.